The molecule has 0 aliphatic carbocycles. The zero-order chi connectivity index (χ0) is 44.6. The number of carbonyl (C=O) groups excluding carboxylic acids is 5. The Bertz CT molecular complexity index is 2710. The standard InChI is InChI=1S/C44H44F2N10O8/c45-44(46,30-10-11-32-28(25-30)7-6-17-47-32)43-52-51-36-14-12-33(53-56(36)43)29-26-49-54(27-29)19-1-2-20-62-21-3-4-22-63-23-16-37(57)48-18-24-64-35-9-5-8-31-39(35)42(61)55(41(31)60)34-13-15-38(58)50-40(34)59/h5-12,14,17,25-27,34H,1-4,13,15-16,18-24H2,(H,48,57)(H,50,58,59). The van der Waals surface area contributed by atoms with Crippen molar-refractivity contribution in [1.82, 2.24) is 50.1 Å². The Morgan fingerprint density at radius 1 is 0.891 bits per heavy atom. The van der Waals surface area contributed by atoms with Crippen LogP contribution in [0.1, 0.15) is 77.0 Å². The summed E-state index contributed by atoms with van der Waals surface area (Å²) in [4.78, 5) is 67.5. The van der Waals surface area contributed by atoms with E-state index in [-0.39, 0.29) is 73.0 Å². The number of pyridine rings is 1. The molecule has 6 aromatic rings. The van der Waals surface area contributed by atoms with Crippen LogP contribution in [0, 0.1) is 0 Å². The Kier molecular flexibility index (Phi) is 13.3. The van der Waals surface area contributed by atoms with E-state index in [1.807, 2.05) is 6.20 Å². The molecule has 0 spiro atoms. The molecule has 2 aliphatic heterocycles. The average molecular weight is 879 g/mol. The van der Waals surface area contributed by atoms with E-state index in [2.05, 4.69) is 36.0 Å². The molecule has 6 heterocycles. The molecule has 0 radical (unpaired) electrons. The normalized spacial score (nSPS) is 15.3. The molecule has 1 fully saturated rings. The lowest BCUT2D eigenvalue weighted by atomic mass is 10.0. The van der Waals surface area contributed by atoms with Gasteiger partial charge in [0.15, 0.2) is 5.65 Å². The minimum Gasteiger partial charge on any atom is -0.491 e. The molecule has 4 aromatic heterocycles. The maximum atomic E-state index is 15.8. The quantitative estimate of drug-likeness (QED) is 0.0765. The van der Waals surface area contributed by atoms with Crippen molar-refractivity contribution in [3.8, 4) is 17.0 Å². The Morgan fingerprint density at radius 3 is 2.53 bits per heavy atom. The van der Waals surface area contributed by atoms with Gasteiger partial charge in [-0.2, -0.15) is 23.5 Å². The first kappa shape index (κ1) is 43.6. The molecule has 5 amide bonds. The summed E-state index contributed by atoms with van der Waals surface area (Å²) in [7, 11) is 0. The number of rotatable bonds is 21. The van der Waals surface area contributed by atoms with Gasteiger partial charge in [0.1, 0.15) is 18.4 Å². The number of halogens is 2. The van der Waals surface area contributed by atoms with E-state index in [0.717, 1.165) is 35.1 Å². The highest BCUT2D eigenvalue weighted by Gasteiger charge is 2.46. The first-order chi connectivity index (χ1) is 31.1. The Balaban J connectivity index is 0.671. The zero-order valence-corrected chi connectivity index (χ0v) is 34.6. The van der Waals surface area contributed by atoms with E-state index in [1.165, 1.54) is 18.2 Å². The second kappa shape index (κ2) is 19.5. The highest BCUT2D eigenvalue weighted by molar-refractivity contribution is 6.24. The number of carbonyl (C=O) groups is 5. The lowest BCUT2D eigenvalue weighted by molar-refractivity contribution is -0.136. The maximum Gasteiger partial charge on any atom is 0.333 e. The van der Waals surface area contributed by atoms with Crippen LogP contribution in [0.25, 0.3) is 27.8 Å². The van der Waals surface area contributed by atoms with Crippen LogP contribution in [0.4, 0.5) is 8.78 Å². The van der Waals surface area contributed by atoms with E-state index < -0.39 is 41.4 Å². The number of amides is 5. The maximum absolute atomic E-state index is 15.8. The number of alkyl halides is 2. The van der Waals surface area contributed by atoms with Crippen LogP contribution in [0.15, 0.2) is 79.3 Å². The number of fused-ring (bicyclic) bond motifs is 3. The monoisotopic (exact) mass is 878 g/mol. The highest BCUT2D eigenvalue weighted by Crippen LogP contribution is 2.36. The van der Waals surface area contributed by atoms with Gasteiger partial charge in [0.25, 0.3) is 11.8 Å². The van der Waals surface area contributed by atoms with Gasteiger partial charge in [-0.1, -0.05) is 18.2 Å². The number of ether oxygens (including phenoxy) is 3. The number of benzene rings is 2. The lowest BCUT2D eigenvalue weighted by Gasteiger charge is -2.27. The van der Waals surface area contributed by atoms with E-state index in [1.54, 1.807) is 59.5 Å². The summed E-state index contributed by atoms with van der Waals surface area (Å²) in [5, 5.41) is 22.1. The SMILES string of the molecule is O=C(CCOCCCCOCCCCn1cc(-c2ccc3nnc(C(F)(F)c4ccc5ncccc5c4)n3n2)cn1)NCCOc1cccc2c1C(=O)N(C1CCC(=O)NC1=O)C2=O. The summed E-state index contributed by atoms with van der Waals surface area (Å²) in [6, 6.07) is 14.5. The number of aromatic nitrogens is 7. The molecule has 1 atom stereocenters. The van der Waals surface area contributed by atoms with Crippen molar-refractivity contribution in [3.63, 3.8) is 0 Å². The van der Waals surface area contributed by atoms with Gasteiger partial charge < -0.3 is 19.5 Å². The molecule has 2 aliphatic rings. The largest absolute Gasteiger partial charge is 0.491 e. The molecule has 1 saturated heterocycles. The smallest absolute Gasteiger partial charge is 0.333 e. The van der Waals surface area contributed by atoms with Crippen LogP contribution in [0.5, 0.6) is 5.75 Å². The molecule has 2 aromatic carbocycles. The molecular weight excluding hydrogens is 835 g/mol. The highest BCUT2D eigenvalue weighted by atomic mass is 19.3. The average Bonchev–Trinajstić information content (AvgIpc) is 4.02. The molecule has 20 heteroatoms. The van der Waals surface area contributed by atoms with E-state index in [0.29, 0.717) is 48.5 Å². The molecular formula is C44H44F2N10O8. The second-order valence-electron chi connectivity index (χ2n) is 15.2. The van der Waals surface area contributed by atoms with Gasteiger partial charge in [0.2, 0.25) is 23.5 Å². The number of aryl methyl sites for hydroxylation is 1. The molecule has 1 unspecified atom stereocenters. The molecule has 332 valence electrons. The van der Waals surface area contributed by atoms with Gasteiger partial charge >= 0.3 is 5.92 Å². The third-order valence-corrected chi connectivity index (χ3v) is 10.8. The van der Waals surface area contributed by atoms with Crippen molar-refractivity contribution in [2.45, 2.75) is 63.5 Å². The number of unbranched alkanes of at least 4 members (excludes halogenated alkanes) is 2. The van der Waals surface area contributed by atoms with Crippen molar-refractivity contribution in [2.24, 2.45) is 0 Å². The molecule has 64 heavy (non-hydrogen) atoms. The zero-order valence-electron chi connectivity index (χ0n) is 34.6. The molecule has 0 saturated carbocycles. The fraction of sp³-hybridized carbons (Fsp3) is 0.364. The lowest BCUT2D eigenvalue weighted by Crippen LogP contribution is -2.54. The summed E-state index contributed by atoms with van der Waals surface area (Å²) in [6.07, 6.45) is 8.49. The minimum absolute atomic E-state index is 0.0213. The van der Waals surface area contributed by atoms with Crippen molar-refractivity contribution in [3.05, 3.63) is 102 Å². The third-order valence-electron chi connectivity index (χ3n) is 10.8. The van der Waals surface area contributed by atoms with Gasteiger partial charge in [0.05, 0.1) is 41.7 Å². The predicted molar refractivity (Wildman–Crippen MR) is 223 cm³/mol. The third kappa shape index (κ3) is 9.61. The van der Waals surface area contributed by atoms with Gasteiger partial charge in [-0.05, 0) is 74.6 Å². The van der Waals surface area contributed by atoms with Crippen LogP contribution in [0.2, 0.25) is 0 Å². The number of nitrogens with one attached hydrogen (secondary N) is 2. The Hall–Kier alpha value is -7.06. The number of imide groups is 2. The van der Waals surface area contributed by atoms with E-state index >= 15 is 8.78 Å². The first-order valence-electron chi connectivity index (χ1n) is 21.0. The van der Waals surface area contributed by atoms with Crippen LogP contribution >= 0.6 is 0 Å². The number of hydrogen-bond donors (Lipinski definition) is 2. The molecule has 0 bridgehead atoms. The van der Waals surface area contributed by atoms with Gasteiger partial charge in [0, 0.05) is 68.1 Å². The molecule has 18 nitrogen and oxygen atoms in total. The number of piperidine rings is 1. The Labute approximate surface area is 364 Å². The topological polar surface area (TPSA) is 214 Å². The van der Waals surface area contributed by atoms with Crippen LogP contribution in [0.3, 0.4) is 0 Å². The van der Waals surface area contributed by atoms with Crippen molar-refractivity contribution >= 4 is 46.1 Å². The van der Waals surface area contributed by atoms with E-state index in [4.69, 9.17) is 14.2 Å². The summed E-state index contributed by atoms with van der Waals surface area (Å²) >= 11 is 0. The van der Waals surface area contributed by atoms with Crippen LogP contribution in [-0.2, 0) is 36.3 Å². The summed E-state index contributed by atoms with van der Waals surface area (Å²) in [6.45, 7) is 2.71. The fourth-order valence-corrected chi connectivity index (χ4v) is 7.46. The Morgan fingerprint density at radius 2 is 1.70 bits per heavy atom. The first-order valence-corrected chi connectivity index (χ1v) is 21.0. The summed E-state index contributed by atoms with van der Waals surface area (Å²) < 4.78 is 51.5. The van der Waals surface area contributed by atoms with Gasteiger partial charge in [-0.15, -0.1) is 10.2 Å². The molecule has 8 rings (SSSR count). The van der Waals surface area contributed by atoms with Gasteiger partial charge in [-0.3, -0.25) is 43.9 Å². The minimum atomic E-state index is -3.46. The summed E-state index contributed by atoms with van der Waals surface area (Å²) in [5.74, 6) is -6.56. The van der Waals surface area contributed by atoms with E-state index in [9.17, 15) is 24.0 Å². The number of nitrogens with zero attached hydrogens (tertiary/aromatic N) is 8. The van der Waals surface area contributed by atoms with Crippen molar-refractivity contribution < 1.29 is 47.0 Å². The molecule has 2 N–H and O–H groups in total. The summed E-state index contributed by atoms with van der Waals surface area (Å²) in [5.41, 5.74) is 1.85. The fourth-order valence-electron chi connectivity index (χ4n) is 7.46. The van der Waals surface area contributed by atoms with Crippen molar-refractivity contribution in [2.75, 3.05) is 39.6 Å². The van der Waals surface area contributed by atoms with Gasteiger partial charge in [-0.25, -0.2) is 0 Å². The second-order valence-corrected chi connectivity index (χ2v) is 15.2. The van der Waals surface area contributed by atoms with Crippen LogP contribution < -0.4 is 15.4 Å². The number of hydrogen-bond acceptors (Lipinski definition) is 13. The van der Waals surface area contributed by atoms with Crippen molar-refractivity contribution in [1.29, 1.82) is 0 Å². The predicted octanol–water partition coefficient (Wildman–Crippen LogP) is 4.26. The van der Waals surface area contributed by atoms with Crippen LogP contribution in [-0.4, -0.2) is 115 Å².